The summed E-state index contributed by atoms with van der Waals surface area (Å²) in [5, 5.41) is 23.0. The van der Waals surface area contributed by atoms with E-state index in [1.165, 1.54) is 24.3 Å². The molecule has 0 spiro atoms. The van der Waals surface area contributed by atoms with Crippen molar-refractivity contribution in [2.75, 3.05) is 18.6 Å². The van der Waals surface area contributed by atoms with Gasteiger partial charge in [0.2, 0.25) is 11.8 Å². The summed E-state index contributed by atoms with van der Waals surface area (Å²) in [6, 6.07) is -3.29. The Morgan fingerprint density at radius 1 is 1.32 bits per heavy atom. The molecule has 0 radical (unpaired) electrons. The second-order valence-corrected chi connectivity index (χ2v) is 6.30. The van der Waals surface area contributed by atoms with E-state index >= 15 is 0 Å². The number of nitrogens with two attached hydrogens (primary N) is 1. The quantitative estimate of drug-likeness (QED) is 0.261. The lowest BCUT2D eigenvalue weighted by Crippen LogP contribution is -2.55. The Bertz CT molecular complexity index is 568. The number of carboxylic acid groups (broad SMARTS) is 1. The second kappa shape index (κ2) is 10.7. The Hall–Kier alpha value is -2.11. The van der Waals surface area contributed by atoms with Gasteiger partial charge in [-0.2, -0.15) is 11.8 Å². The summed E-state index contributed by atoms with van der Waals surface area (Å²) in [4.78, 5) is 42.3. The zero-order valence-electron chi connectivity index (χ0n) is 13.8. The first-order valence-corrected chi connectivity index (χ1v) is 8.94. The van der Waals surface area contributed by atoms with Gasteiger partial charge in [-0.3, -0.25) is 9.59 Å². The van der Waals surface area contributed by atoms with Crippen molar-refractivity contribution in [1.82, 2.24) is 20.6 Å². The maximum absolute atomic E-state index is 12.5. The summed E-state index contributed by atoms with van der Waals surface area (Å²) in [7, 11) is 0. The van der Waals surface area contributed by atoms with Gasteiger partial charge in [0.15, 0.2) is 0 Å². The van der Waals surface area contributed by atoms with Crippen molar-refractivity contribution in [3.8, 4) is 0 Å². The summed E-state index contributed by atoms with van der Waals surface area (Å²) in [6.45, 7) is -0.574. The van der Waals surface area contributed by atoms with E-state index in [0.717, 1.165) is 0 Å². The van der Waals surface area contributed by atoms with Gasteiger partial charge in [-0.25, -0.2) is 9.78 Å². The van der Waals surface area contributed by atoms with Crippen LogP contribution in [0.3, 0.4) is 0 Å². The van der Waals surface area contributed by atoms with E-state index in [-0.39, 0.29) is 12.8 Å². The van der Waals surface area contributed by atoms with E-state index in [0.29, 0.717) is 11.4 Å². The van der Waals surface area contributed by atoms with E-state index in [9.17, 15) is 19.5 Å². The number of rotatable bonds is 11. The lowest BCUT2D eigenvalue weighted by atomic mass is 10.1. The zero-order valence-corrected chi connectivity index (χ0v) is 14.6. The summed E-state index contributed by atoms with van der Waals surface area (Å²) in [6.07, 6.45) is 5.07. The molecule has 1 rings (SSSR count). The fourth-order valence-corrected chi connectivity index (χ4v) is 2.42. The fourth-order valence-electron chi connectivity index (χ4n) is 1.95. The summed E-state index contributed by atoms with van der Waals surface area (Å²) < 4.78 is 0. The summed E-state index contributed by atoms with van der Waals surface area (Å²) in [5.74, 6) is -1.95. The molecule has 0 aromatic carbocycles. The van der Waals surface area contributed by atoms with Crippen molar-refractivity contribution in [3.63, 3.8) is 0 Å². The van der Waals surface area contributed by atoms with Gasteiger partial charge in [-0.15, -0.1) is 0 Å². The van der Waals surface area contributed by atoms with Crippen molar-refractivity contribution in [2.45, 2.75) is 31.0 Å². The Morgan fingerprint density at radius 2 is 2.00 bits per heavy atom. The summed E-state index contributed by atoms with van der Waals surface area (Å²) >= 11 is 1.46. The average molecular weight is 373 g/mol. The molecule has 11 heteroatoms. The van der Waals surface area contributed by atoms with Crippen molar-refractivity contribution < 1.29 is 24.6 Å². The van der Waals surface area contributed by atoms with Gasteiger partial charge in [0.25, 0.3) is 0 Å². The minimum atomic E-state index is -1.18. The van der Waals surface area contributed by atoms with Gasteiger partial charge in [0.1, 0.15) is 18.1 Å². The molecule has 7 N–H and O–H groups in total. The minimum Gasteiger partial charge on any atom is -0.480 e. The number of thioether (sulfide) groups is 1. The number of hydrogen-bond acceptors (Lipinski definition) is 7. The van der Waals surface area contributed by atoms with Crippen LogP contribution < -0.4 is 16.4 Å². The topological polar surface area (TPSA) is 170 Å². The highest BCUT2D eigenvalue weighted by Crippen LogP contribution is 2.04. The highest BCUT2D eigenvalue weighted by Gasteiger charge is 2.28. The van der Waals surface area contributed by atoms with Crippen LogP contribution in [-0.2, 0) is 20.8 Å². The van der Waals surface area contributed by atoms with Crippen LogP contribution in [0.5, 0.6) is 0 Å². The lowest BCUT2D eigenvalue weighted by molar-refractivity contribution is -0.142. The molecule has 10 nitrogen and oxygen atoms in total. The molecule has 0 unspecified atom stereocenters. The van der Waals surface area contributed by atoms with Gasteiger partial charge < -0.3 is 31.6 Å². The zero-order chi connectivity index (χ0) is 18.8. The van der Waals surface area contributed by atoms with E-state index in [2.05, 4.69) is 20.6 Å². The third-order valence-electron chi connectivity index (χ3n) is 3.37. The highest BCUT2D eigenvalue weighted by molar-refractivity contribution is 7.98. The van der Waals surface area contributed by atoms with Crippen molar-refractivity contribution in [3.05, 3.63) is 18.2 Å². The number of aromatic amines is 1. The Balaban J connectivity index is 2.82. The van der Waals surface area contributed by atoms with Gasteiger partial charge >= 0.3 is 5.97 Å². The standard InChI is InChI=1S/C14H23N5O5S/c1-25-3-2-10(14(23)24)18-13(22)11(4-8-5-16-7-17-8)19-12(21)9(15)6-20/h5,7,9-11,20H,2-4,6,15H2,1H3,(H,16,17)(H,18,22)(H,19,21)(H,23,24)/t9-,10-,11-/m0/s1. The maximum Gasteiger partial charge on any atom is 0.326 e. The Morgan fingerprint density at radius 3 is 2.52 bits per heavy atom. The van der Waals surface area contributed by atoms with Gasteiger partial charge in [0.05, 0.1) is 12.9 Å². The first kappa shape index (κ1) is 20.9. The molecule has 25 heavy (non-hydrogen) atoms. The normalized spacial score (nSPS) is 14.4. The first-order chi connectivity index (χ1) is 11.9. The molecule has 1 aromatic rings. The number of aliphatic hydroxyl groups excluding tert-OH is 1. The number of imidazole rings is 1. The third-order valence-corrected chi connectivity index (χ3v) is 4.01. The monoisotopic (exact) mass is 373 g/mol. The third kappa shape index (κ3) is 7.11. The number of hydrogen-bond donors (Lipinski definition) is 6. The average Bonchev–Trinajstić information content (AvgIpc) is 3.09. The van der Waals surface area contributed by atoms with Gasteiger partial charge in [-0.1, -0.05) is 0 Å². The van der Waals surface area contributed by atoms with Crippen LogP contribution in [0.2, 0.25) is 0 Å². The molecule has 0 aliphatic rings. The van der Waals surface area contributed by atoms with Crippen molar-refractivity contribution >= 4 is 29.5 Å². The van der Waals surface area contributed by atoms with Gasteiger partial charge in [0, 0.05) is 18.3 Å². The van der Waals surface area contributed by atoms with Crippen LogP contribution in [0, 0.1) is 0 Å². The molecule has 140 valence electrons. The predicted molar refractivity (Wildman–Crippen MR) is 91.8 cm³/mol. The SMILES string of the molecule is CSCC[C@H](NC(=O)[C@H](Cc1cnc[nH]1)NC(=O)[C@@H](N)CO)C(=O)O. The molecule has 0 fully saturated rings. The van der Waals surface area contributed by atoms with Crippen LogP contribution in [0.25, 0.3) is 0 Å². The molecule has 3 atom stereocenters. The number of carboxylic acids is 1. The Kier molecular flexibility index (Phi) is 8.95. The van der Waals surface area contributed by atoms with Crippen LogP contribution >= 0.6 is 11.8 Å². The fraction of sp³-hybridized carbons (Fsp3) is 0.571. The minimum absolute atomic E-state index is 0.0740. The maximum atomic E-state index is 12.5. The molecular formula is C14H23N5O5S. The number of carbonyl (C=O) groups excluding carboxylic acids is 2. The second-order valence-electron chi connectivity index (χ2n) is 5.31. The number of nitrogens with one attached hydrogen (secondary N) is 3. The predicted octanol–water partition coefficient (Wildman–Crippen LogP) is -1.92. The molecular weight excluding hydrogens is 350 g/mol. The molecule has 0 bridgehead atoms. The first-order valence-electron chi connectivity index (χ1n) is 7.55. The van der Waals surface area contributed by atoms with Crippen LogP contribution in [-0.4, -0.2) is 74.7 Å². The smallest absolute Gasteiger partial charge is 0.326 e. The lowest BCUT2D eigenvalue weighted by Gasteiger charge is -2.22. The molecule has 0 saturated carbocycles. The number of aliphatic carboxylic acids is 1. The number of aliphatic hydroxyl groups is 1. The van der Waals surface area contributed by atoms with Gasteiger partial charge in [-0.05, 0) is 18.4 Å². The molecule has 2 amide bonds. The number of carbonyl (C=O) groups is 3. The molecule has 0 aliphatic heterocycles. The molecule has 0 saturated heterocycles. The van der Waals surface area contributed by atoms with E-state index < -0.39 is 42.5 Å². The number of H-pyrrole nitrogens is 1. The molecule has 0 aliphatic carbocycles. The van der Waals surface area contributed by atoms with Crippen LogP contribution in [0.1, 0.15) is 12.1 Å². The molecule has 1 aromatic heterocycles. The van der Waals surface area contributed by atoms with E-state index in [4.69, 9.17) is 10.8 Å². The Labute approximate surface area is 149 Å². The van der Waals surface area contributed by atoms with Crippen molar-refractivity contribution in [1.29, 1.82) is 0 Å². The van der Waals surface area contributed by atoms with E-state index in [1.807, 2.05) is 6.26 Å². The molecule has 1 heterocycles. The highest BCUT2D eigenvalue weighted by atomic mass is 32.2. The summed E-state index contributed by atoms with van der Waals surface area (Å²) in [5.41, 5.74) is 6.02. The number of amides is 2. The van der Waals surface area contributed by atoms with E-state index in [1.54, 1.807) is 0 Å². The number of nitrogens with zero attached hydrogens (tertiary/aromatic N) is 1. The number of aromatic nitrogens is 2. The van der Waals surface area contributed by atoms with Crippen LogP contribution in [0.15, 0.2) is 12.5 Å². The van der Waals surface area contributed by atoms with Crippen molar-refractivity contribution in [2.24, 2.45) is 5.73 Å². The largest absolute Gasteiger partial charge is 0.480 e. The van der Waals surface area contributed by atoms with Crippen LogP contribution in [0.4, 0.5) is 0 Å².